The van der Waals surface area contributed by atoms with Gasteiger partial charge in [-0.1, -0.05) is 18.2 Å². The first kappa shape index (κ1) is 20.1. The molecular weight excluding hydrogens is 419 g/mol. The van der Waals surface area contributed by atoms with Gasteiger partial charge in [0.15, 0.2) is 5.65 Å². The van der Waals surface area contributed by atoms with E-state index in [0.29, 0.717) is 5.92 Å². The van der Waals surface area contributed by atoms with Gasteiger partial charge < -0.3 is 14.9 Å². The van der Waals surface area contributed by atoms with E-state index in [9.17, 15) is 9.50 Å². The zero-order valence-corrected chi connectivity index (χ0v) is 18.2. The highest BCUT2D eigenvalue weighted by atomic mass is 19.1. The predicted octanol–water partition coefficient (Wildman–Crippen LogP) is 3.70. The van der Waals surface area contributed by atoms with Crippen molar-refractivity contribution in [3.05, 3.63) is 72.2 Å². The molecule has 0 radical (unpaired) electrons. The summed E-state index contributed by atoms with van der Waals surface area (Å²) < 4.78 is 15.7. The first-order valence-corrected chi connectivity index (χ1v) is 11.4. The predicted molar refractivity (Wildman–Crippen MR) is 125 cm³/mol. The van der Waals surface area contributed by atoms with Crippen LogP contribution in [-0.2, 0) is 0 Å². The fourth-order valence-corrected chi connectivity index (χ4v) is 4.91. The first-order valence-electron chi connectivity index (χ1n) is 11.4. The quantitative estimate of drug-likeness (QED) is 0.506. The zero-order valence-electron chi connectivity index (χ0n) is 18.2. The first-order chi connectivity index (χ1) is 16.2. The maximum absolute atomic E-state index is 13.8. The smallest absolute Gasteiger partial charge is 0.154 e. The van der Waals surface area contributed by atoms with E-state index in [2.05, 4.69) is 14.8 Å². The number of hydrogen-bond donors (Lipinski definition) is 1. The molecule has 2 aliphatic rings. The molecule has 3 aromatic heterocycles. The van der Waals surface area contributed by atoms with Crippen molar-refractivity contribution in [3.8, 4) is 11.4 Å². The second-order valence-corrected chi connectivity index (χ2v) is 8.85. The summed E-state index contributed by atoms with van der Waals surface area (Å²) in [7, 11) is 0. The van der Waals surface area contributed by atoms with Crippen LogP contribution in [-0.4, -0.2) is 50.9 Å². The molecule has 4 aromatic rings. The van der Waals surface area contributed by atoms with E-state index in [-0.39, 0.29) is 18.5 Å². The Balaban J connectivity index is 1.34. The summed E-state index contributed by atoms with van der Waals surface area (Å²) in [6, 6.07) is 16.9. The average Bonchev–Trinajstić information content (AvgIpc) is 3.46. The van der Waals surface area contributed by atoms with Gasteiger partial charge in [0, 0.05) is 32.2 Å². The standard InChI is InChI=1S/C25H25FN6O/c26-19-5-1-4-18(12-19)21-7-3-11-31(21)25-10-9-23-27-13-22(32(23)29-25)20-6-2-8-24(28-20)30-14-17(15-30)16-33/h1-2,4-6,8-10,12-13,17,21,33H,3,7,11,14-16H2. The number of benzene rings is 1. The second-order valence-electron chi connectivity index (χ2n) is 8.85. The van der Waals surface area contributed by atoms with E-state index in [1.165, 1.54) is 6.07 Å². The molecule has 2 aliphatic heterocycles. The van der Waals surface area contributed by atoms with Crippen LogP contribution in [0.1, 0.15) is 24.4 Å². The number of anilines is 2. The second kappa shape index (κ2) is 8.12. The number of halogens is 1. The molecule has 0 amide bonds. The summed E-state index contributed by atoms with van der Waals surface area (Å²) in [6.45, 7) is 2.72. The lowest BCUT2D eigenvalue weighted by atomic mass is 10.0. The lowest BCUT2D eigenvalue weighted by molar-refractivity contribution is 0.200. The summed E-state index contributed by atoms with van der Waals surface area (Å²) in [5.74, 6) is 1.85. The van der Waals surface area contributed by atoms with Crippen molar-refractivity contribution in [3.63, 3.8) is 0 Å². The molecule has 0 spiro atoms. The topological polar surface area (TPSA) is 69.8 Å². The van der Waals surface area contributed by atoms with E-state index in [1.807, 2.05) is 40.9 Å². The molecule has 33 heavy (non-hydrogen) atoms. The Morgan fingerprint density at radius 1 is 1.03 bits per heavy atom. The molecule has 1 unspecified atom stereocenters. The maximum Gasteiger partial charge on any atom is 0.154 e. The number of imidazole rings is 1. The molecule has 7 nitrogen and oxygen atoms in total. The van der Waals surface area contributed by atoms with Crippen LogP contribution >= 0.6 is 0 Å². The van der Waals surface area contributed by atoms with Crippen molar-refractivity contribution in [1.82, 2.24) is 19.6 Å². The number of aliphatic hydroxyl groups excluding tert-OH is 1. The van der Waals surface area contributed by atoms with E-state index in [4.69, 9.17) is 10.1 Å². The minimum atomic E-state index is -0.210. The molecule has 0 saturated carbocycles. The summed E-state index contributed by atoms with van der Waals surface area (Å²) in [4.78, 5) is 13.8. The van der Waals surface area contributed by atoms with Crippen LogP contribution in [0.4, 0.5) is 16.0 Å². The number of pyridine rings is 1. The molecule has 2 fully saturated rings. The molecule has 8 heteroatoms. The van der Waals surface area contributed by atoms with Crippen LogP contribution in [0.3, 0.4) is 0 Å². The van der Waals surface area contributed by atoms with Gasteiger partial charge in [0.25, 0.3) is 0 Å². The van der Waals surface area contributed by atoms with E-state index in [0.717, 1.165) is 66.7 Å². The van der Waals surface area contributed by atoms with Crippen LogP contribution < -0.4 is 9.80 Å². The monoisotopic (exact) mass is 444 g/mol. The number of hydrogen-bond acceptors (Lipinski definition) is 6. The summed E-state index contributed by atoms with van der Waals surface area (Å²) in [6.07, 6.45) is 3.80. The molecule has 1 N–H and O–H groups in total. The van der Waals surface area contributed by atoms with Gasteiger partial charge in [0.1, 0.15) is 23.1 Å². The van der Waals surface area contributed by atoms with E-state index < -0.39 is 0 Å². The number of aromatic nitrogens is 4. The zero-order chi connectivity index (χ0) is 22.4. The Bertz CT molecular complexity index is 1300. The molecule has 5 heterocycles. The molecule has 0 aliphatic carbocycles. The fourth-order valence-electron chi connectivity index (χ4n) is 4.91. The van der Waals surface area contributed by atoms with E-state index >= 15 is 0 Å². The molecule has 1 aromatic carbocycles. The molecule has 1 atom stereocenters. The maximum atomic E-state index is 13.8. The van der Waals surface area contributed by atoms with Crippen LogP contribution in [0.25, 0.3) is 17.0 Å². The number of fused-ring (bicyclic) bond motifs is 1. The number of rotatable bonds is 5. The number of nitrogens with zero attached hydrogens (tertiary/aromatic N) is 6. The molecule has 6 rings (SSSR count). The van der Waals surface area contributed by atoms with Crippen molar-refractivity contribution >= 4 is 17.3 Å². The van der Waals surface area contributed by atoms with Crippen molar-refractivity contribution in [2.75, 3.05) is 36.0 Å². The lowest BCUT2D eigenvalue weighted by Gasteiger charge is -2.39. The van der Waals surface area contributed by atoms with Gasteiger partial charge in [0.05, 0.1) is 17.9 Å². The SMILES string of the molecule is OCC1CN(c2cccc(-c3cnc4ccc(N5CCCC5c5cccc(F)c5)nn34)n2)C1. The third kappa shape index (κ3) is 3.60. The van der Waals surface area contributed by atoms with E-state index in [1.54, 1.807) is 18.3 Å². The average molecular weight is 445 g/mol. The van der Waals surface area contributed by atoms with Gasteiger partial charge >= 0.3 is 0 Å². The minimum Gasteiger partial charge on any atom is -0.396 e. The Morgan fingerprint density at radius 3 is 2.76 bits per heavy atom. The van der Waals surface area contributed by atoms with Crippen LogP contribution in [0.2, 0.25) is 0 Å². The Morgan fingerprint density at radius 2 is 1.91 bits per heavy atom. The molecule has 2 saturated heterocycles. The van der Waals surface area contributed by atoms with Gasteiger partial charge in [-0.05, 0) is 54.8 Å². The summed E-state index contributed by atoms with van der Waals surface area (Å²) in [5, 5.41) is 14.2. The largest absolute Gasteiger partial charge is 0.396 e. The molecular formula is C25H25FN6O. The minimum absolute atomic E-state index is 0.102. The Kier molecular flexibility index (Phi) is 4.95. The molecule has 168 valence electrons. The highest BCUT2D eigenvalue weighted by Gasteiger charge is 2.29. The van der Waals surface area contributed by atoms with Crippen LogP contribution in [0.15, 0.2) is 60.8 Å². The normalized spacial score (nSPS) is 18.8. The third-order valence-electron chi connectivity index (χ3n) is 6.66. The van der Waals surface area contributed by atoms with Gasteiger partial charge in [-0.3, -0.25) is 0 Å². The lowest BCUT2D eigenvalue weighted by Crippen LogP contribution is -2.48. The third-order valence-corrected chi connectivity index (χ3v) is 6.66. The van der Waals surface area contributed by atoms with Gasteiger partial charge in [-0.25, -0.2) is 18.9 Å². The van der Waals surface area contributed by atoms with Crippen molar-refractivity contribution in [1.29, 1.82) is 0 Å². The number of aliphatic hydroxyl groups is 1. The van der Waals surface area contributed by atoms with Crippen molar-refractivity contribution in [2.45, 2.75) is 18.9 Å². The Hall–Kier alpha value is -3.52. The Labute approximate surface area is 191 Å². The van der Waals surface area contributed by atoms with Crippen LogP contribution in [0, 0.1) is 11.7 Å². The molecule has 0 bridgehead atoms. The van der Waals surface area contributed by atoms with Gasteiger partial charge in [0.2, 0.25) is 0 Å². The van der Waals surface area contributed by atoms with Crippen LogP contribution in [0.5, 0.6) is 0 Å². The summed E-state index contributed by atoms with van der Waals surface area (Å²) >= 11 is 0. The van der Waals surface area contributed by atoms with Crippen molar-refractivity contribution in [2.24, 2.45) is 5.92 Å². The van der Waals surface area contributed by atoms with Gasteiger partial charge in [-0.15, -0.1) is 5.10 Å². The highest BCUT2D eigenvalue weighted by molar-refractivity contribution is 5.63. The van der Waals surface area contributed by atoms with Crippen molar-refractivity contribution < 1.29 is 9.50 Å². The summed E-state index contributed by atoms with van der Waals surface area (Å²) in [5.41, 5.74) is 3.37. The van der Waals surface area contributed by atoms with Gasteiger partial charge in [-0.2, -0.15) is 0 Å². The fraction of sp³-hybridized carbons (Fsp3) is 0.320. The highest BCUT2D eigenvalue weighted by Crippen LogP contribution is 2.36.